The van der Waals surface area contributed by atoms with E-state index in [4.69, 9.17) is 16.3 Å². The minimum Gasteiger partial charge on any atom is -0.503 e. The van der Waals surface area contributed by atoms with E-state index in [-0.39, 0.29) is 5.75 Å². The van der Waals surface area contributed by atoms with Crippen molar-refractivity contribution < 1.29 is 9.84 Å². The van der Waals surface area contributed by atoms with Crippen LogP contribution in [0.25, 0.3) is 5.57 Å². The van der Waals surface area contributed by atoms with Crippen LogP contribution in [0, 0.1) is 0 Å². The molecular weight excluding hydrogens is 267 g/mol. The lowest BCUT2D eigenvalue weighted by atomic mass is 10.1. The number of rotatable bonds is 3. The summed E-state index contributed by atoms with van der Waals surface area (Å²) in [6.45, 7) is 3.80. The number of methoxy groups -OCH3 is 1. The SMILES string of the molecule is C=C(CCl)c1cc(Br)c(O)c(OC)c1. The second kappa shape index (κ2) is 4.71. The van der Waals surface area contributed by atoms with Gasteiger partial charge in [-0.3, -0.25) is 0 Å². The number of allylic oxidation sites excluding steroid dienone is 1. The van der Waals surface area contributed by atoms with Gasteiger partial charge in [0.05, 0.1) is 11.6 Å². The van der Waals surface area contributed by atoms with Crippen LogP contribution in [-0.2, 0) is 0 Å². The first-order valence-corrected chi connectivity index (χ1v) is 5.23. The van der Waals surface area contributed by atoms with Gasteiger partial charge in [0, 0.05) is 5.88 Å². The molecule has 0 unspecified atom stereocenters. The predicted molar refractivity (Wildman–Crippen MR) is 62.1 cm³/mol. The summed E-state index contributed by atoms with van der Waals surface area (Å²) in [7, 11) is 1.49. The quantitative estimate of drug-likeness (QED) is 0.858. The van der Waals surface area contributed by atoms with Gasteiger partial charge in [0.1, 0.15) is 0 Å². The van der Waals surface area contributed by atoms with Crippen molar-refractivity contribution in [2.75, 3.05) is 13.0 Å². The lowest BCUT2D eigenvalue weighted by Gasteiger charge is -2.09. The van der Waals surface area contributed by atoms with Crippen molar-refractivity contribution in [2.45, 2.75) is 0 Å². The fraction of sp³-hybridized carbons (Fsp3) is 0.200. The number of halogens is 2. The number of aromatic hydroxyl groups is 1. The Balaban J connectivity index is 3.22. The van der Waals surface area contributed by atoms with Crippen LogP contribution in [0.4, 0.5) is 0 Å². The van der Waals surface area contributed by atoms with E-state index >= 15 is 0 Å². The molecule has 1 N–H and O–H groups in total. The van der Waals surface area contributed by atoms with Gasteiger partial charge in [-0.2, -0.15) is 0 Å². The Morgan fingerprint density at radius 2 is 2.29 bits per heavy atom. The number of hydrogen-bond acceptors (Lipinski definition) is 2. The average Bonchev–Trinajstić information content (AvgIpc) is 2.20. The van der Waals surface area contributed by atoms with Gasteiger partial charge in [-0.25, -0.2) is 0 Å². The lowest BCUT2D eigenvalue weighted by Crippen LogP contribution is -1.89. The van der Waals surface area contributed by atoms with E-state index < -0.39 is 0 Å². The van der Waals surface area contributed by atoms with Crippen molar-refractivity contribution in [2.24, 2.45) is 0 Å². The van der Waals surface area contributed by atoms with Crippen LogP contribution in [-0.4, -0.2) is 18.1 Å². The first-order valence-electron chi connectivity index (χ1n) is 3.90. The fourth-order valence-electron chi connectivity index (χ4n) is 1.01. The molecule has 1 rings (SSSR count). The summed E-state index contributed by atoms with van der Waals surface area (Å²) in [5, 5.41) is 9.54. The molecule has 4 heteroatoms. The van der Waals surface area contributed by atoms with E-state index in [1.165, 1.54) is 7.11 Å². The average molecular weight is 278 g/mol. The van der Waals surface area contributed by atoms with Gasteiger partial charge >= 0.3 is 0 Å². The summed E-state index contributed by atoms with van der Waals surface area (Å²) in [6, 6.07) is 3.45. The fourth-order valence-corrected chi connectivity index (χ4v) is 1.61. The van der Waals surface area contributed by atoms with Crippen molar-refractivity contribution in [3.8, 4) is 11.5 Å². The van der Waals surface area contributed by atoms with Crippen molar-refractivity contribution in [1.29, 1.82) is 0 Å². The zero-order chi connectivity index (χ0) is 10.7. The minimum absolute atomic E-state index is 0.0821. The molecule has 0 saturated carbocycles. The maximum Gasteiger partial charge on any atom is 0.172 e. The number of benzene rings is 1. The Bertz CT molecular complexity index is 363. The van der Waals surface area contributed by atoms with Crippen LogP contribution in [0.1, 0.15) is 5.56 Å². The maximum atomic E-state index is 9.54. The first kappa shape index (κ1) is 11.4. The van der Waals surface area contributed by atoms with Crippen LogP contribution in [0.2, 0.25) is 0 Å². The Kier molecular flexibility index (Phi) is 3.84. The highest BCUT2D eigenvalue weighted by Gasteiger charge is 2.09. The molecule has 0 saturated heterocycles. The van der Waals surface area contributed by atoms with E-state index in [9.17, 15) is 5.11 Å². The Morgan fingerprint density at radius 3 is 2.79 bits per heavy atom. The molecule has 0 aliphatic heterocycles. The van der Waals surface area contributed by atoms with Gasteiger partial charge in [0.2, 0.25) is 0 Å². The third-order valence-electron chi connectivity index (χ3n) is 1.82. The number of hydrogen-bond donors (Lipinski definition) is 1. The molecule has 0 heterocycles. The van der Waals surface area contributed by atoms with Crippen LogP contribution in [0.15, 0.2) is 23.2 Å². The Labute approximate surface area is 96.3 Å². The third-order valence-corrected chi connectivity index (χ3v) is 2.75. The van der Waals surface area contributed by atoms with Crippen molar-refractivity contribution in [3.05, 3.63) is 28.7 Å². The highest BCUT2D eigenvalue weighted by molar-refractivity contribution is 9.10. The third kappa shape index (κ3) is 2.22. The van der Waals surface area contributed by atoms with Crippen LogP contribution in [0.3, 0.4) is 0 Å². The standard InChI is InChI=1S/C10H10BrClO2/c1-6(5-12)7-3-8(11)10(13)9(4-7)14-2/h3-4,13H,1,5H2,2H3. The Hall–Kier alpha value is -0.670. The second-order valence-electron chi connectivity index (χ2n) is 2.75. The number of ether oxygens (including phenoxy) is 1. The topological polar surface area (TPSA) is 29.5 Å². The van der Waals surface area contributed by atoms with Gasteiger partial charge in [0.15, 0.2) is 11.5 Å². The van der Waals surface area contributed by atoms with Crippen molar-refractivity contribution in [1.82, 2.24) is 0 Å². The molecule has 14 heavy (non-hydrogen) atoms. The normalized spacial score (nSPS) is 9.93. The van der Waals surface area contributed by atoms with E-state index in [1.54, 1.807) is 12.1 Å². The van der Waals surface area contributed by atoms with E-state index in [1.807, 2.05) is 0 Å². The van der Waals surface area contributed by atoms with Gasteiger partial charge in [-0.15, -0.1) is 11.6 Å². The van der Waals surface area contributed by atoms with E-state index in [0.29, 0.717) is 16.1 Å². The molecule has 2 nitrogen and oxygen atoms in total. The number of phenols is 1. The van der Waals surface area contributed by atoms with Gasteiger partial charge in [0.25, 0.3) is 0 Å². The molecule has 0 bridgehead atoms. The largest absolute Gasteiger partial charge is 0.503 e. The smallest absolute Gasteiger partial charge is 0.172 e. The molecule has 0 aliphatic rings. The summed E-state index contributed by atoms with van der Waals surface area (Å²) in [5.74, 6) is 0.833. The lowest BCUT2D eigenvalue weighted by molar-refractivity contribution is 0.372. The molecule has 0 atom stereocenters. The summed E-state index contributed by atoms with van der Waals surface area (Å²) in [5.41, 5.74) is 1.63. The summed E-state index contributed by atoms with van der Waals surface area (Å²) in [4.78, 5) is 0. The molecule has 0 spiro atoms. The highest BCUT2D eigenvalue weighted by atomic mass is 79.9. The van der Waals surface area contributed by atoms with E-state index in [0.717, 1.165) is 11.1 Å². The van der Waals surface area contributed by atoms with Gasteiger partial charge in [-0.05, 0) is 39.2 Å². The molecule has 0 fully saturated rings. The van der Waals surface area contributed by atoms with Gasteiger partial charge < -0.3 is 9.84 Å². The predicted octanol–water partition coefficient (Wildman–Crippen LogP) is 3.42. The van der Waals surface area contributed by atoms with Crippen LogP contribution < -0.4 is 4.74 Å². The summed E-state index contributed by atoms with van der Waals surface area (Å²) in [6.07, 6.45) is 0. The molecule has 0 aliphatic carbocycles. The first-order chi connectivity index (χ1) is 6.60. The second-order valence-corrected chi connectivity index (χ2v) is 3.87. The molecule has 76 valence electrons. The monoisotopic (exact) mass is 276 g/mol. The number of phenolic OH excluding ortho intramolecular Hbond substituents is 1. The molecule has 0 radical (unpaired) electrons. The summed E-state index contributed by atoms with van der Waals surface area (Å²) >= 11 is 8.88. The zero-order valence-electron chi connectivity index (χ0n) is 7.68. The van der Waals surface area contributed by atoms with Gasteiger partial charge in [-0.1, -0.05) is 6.58 Å². The Morgan fingerprint density at radius 1 is 1.64 bits per heavy atom. The minimum atomic E-state index is 0.0821. The molecule has 1 aromatic carbocycles. The molecular formula is C10H10BrClO2. The number of alkyl halides is 1. The van der Waals surface area contributed by atoms with E-state index in [2.05, 4.69) is 22.5 Å². The summed E-state index contributed by atoms with van der Waals surface area (Å²) < 4.78 is 5.56. The molecule has 1 aromatic rings. The molecule has 0 amide bonds. The van der Waals surface area contributed by atoms with Crippen molar-refractivity contribution >= 4 is 33.1 Å². The van der Waals surface area contributed by atoms with Crippen LogP contribution >= 0.6 is 27.5 Å². The van der Waals surface area contributed by atoms with Crippen LogP contribution in [0.5, 0.6) is 11.5 Å². The highest BCUT2D eigenvalue weighted by Crippen LogP contribution is 2.36. The molecule has 0 aromatic heterocycles. The zero-order valence-corrected chi connectivity index (χ0v) is 10.0. The maximum absolute atomic E-state index is 9.54. The van der Waals surface area contributed by atoms with Crippen molar-refractivity contribution in [3.63, 3.8) is 0 Å².